The van der Waals surface area contributed by atoms with E-state index < -0.39 is 0 Å². The minimum atomic E-state index is 0.492. The van der Waals surface area contributed by atoms with E-state index in [-0.39, 0.29) is 0 Å². The fourth-order valence-corrected chi connectivity index (χ4v) is 2.78. The molecule has 2 aliphatic rings. The molecule has 1 saturated carbocycles. The zero-order valence-corrected chi connectivity index (χ0v) is 9.28. The van der Waals surface area contributed by atoms with Crippen molar-refractivity contribution in [3.63, 3.8) is 0 Å². The summed E-state index contributed by atoms with van der Waals surface area (Å²) in [5.74, 6) is 0. The first-order chi connectivity index (χ1) is 7.90. The van der Waals surface area contributed by atoms with Crippen LogP contribution in [0.15, 0.2) is 0 Å². The highest BCUT2D eigenvalue weighted by Gasteiger charge is 2.27. The number of aromatic nitrogens is 2. The molecule has 1 aromatic heterocycles. The van der Waals surface area contributed by atoms with Crippen LogP contribution < -0.4 is 0 Å². The van der Waals surface area contributed by atoms with E-state index in [9.17, 15) is 0 Å². The van der Waals surface area contributed by atoms with Gasteiger partial charge in [-0.25, -0.2) is 0 Å². The highest BCUT2D eigenvalue weighted by atomic mass is 16.5. The van der Waals surface area contributed by atoms with Gasteiger partial charge >= 0.3 is 0 Å². The average molecular weight is 217 g/mol. The van der Waals surface area contributed by atoms with Crippen LogP contribution in [0.3, 0.4) is 0 Å². The van der Waals surface area contributed by atoms with Gasteiger partial charge in [0.25, 0.3) is 0 Å². The van der Waals surface area contributed by atoms with Crippen LogP contribution in [0.25, 0.3) is 0 Å². The normalized spacial score (nSPS) is 20.7. The van der Waals surface area contributed by atoms with Gasteiger partial charge in [0.1, 0.15) is 6.07 Å². The maximum atomic E-state index is 9.03. The number of hydrogen-bond donors (Lipinski definition) is 0. The van der Waals surface area contributed by atoms with E-state index in [1.54, 1.807) is 0 Å². The Balaban J connectivity index is 1.98. The maximum absolute atomic E-state index is 9.03. The molecular formula is C12H15N3O. The van der Waals surface area contributed by atoms with Crippen molar-refractivity contribution in [1.82, 2.24) is 9.78 Å². The Hall–Kier alpha value is -1.34. The lowest BCUT2D eigenvalue weighted by molar-refractivity contribution is 0.126. The minimum absolute atomic E-state index is 0.492. The van der Waals surface area contributed by atoms with Crippen LogP contribution in [0, 0.1) is 11.3 Å². The van der Waals surface area contributed by atoms with Crippen LogP contribution in [-0.4, -0.2) is 9.78 Å². The van der Waals surface area contributed by atoms with Gasteiger partial charge in [-0.05, 0) is 12.8 Å². The van der Waals surface area contributed by atoms with E-state index in [0.29, 0.717) is 24.9 Å². The maximum Gasteiger partial charge on any atom is 0.168 e. The third kappa shape index (κ3) is 1.43. The minimum Gasteiger partial charge on any atom is -0.370 e. The Bertz CT molecular complexity index is 438. The topological polar surface area (TPSA) is 50.8 Å². The molecule has 1 aromatic rings. The summed E-state index contributed by atoms with van der Waals surface area (Å²) in [7, 11) is 0. The number of ether oxygens (including phenoxy) is 1. The van der Waals surface area contributed by atoms with Gasteiger partial charge in [0.05, 0.1) is 24.9 Å². The molecule has 4 heteroatoms. The molecule has 0 saturated heterocycles. The summed E-state index contributed by atoms with van der Waals surface area (Å²) in [6.07, 6.45) is 6.28. The SMILES string of the molecule is N#Cc1nn(C2CCCCC2)c2c1COC2. The van der Waals surface area contributed by atoms with Crippen molar-refractivity contribution in [3.8, 4) is 6.07 Å². The van der Waals surface area contributed by atoms with E-state index in [0.717, 1.165) is 11.3 Å². The molecule has 1 aliphatic carbocycles. The lowest BCUT2D eigenvalue weighted by Gasteiger charge is -2.23. The second-order valence-corrected chi connectivity index (χ2v) is 4.61. The Labute approximate surface area is 94.8 Å². The smallest absolute Gasteiger partial charge is 0.168 e. The van der Waals surface area contributed by atoms with Gasteiger partial charge in [0, 0.05) is 5.56 Å². The van der Waals surface area contributed by atoms with E-state index in [4.69, 9.17) is 10.00 Å². The first-order valence-electron chi connectivity index (χ1n) is 5.98. The molecule has 1 fully saturated rings. The Kier molecular flexibility index (Phi) is 2.41. The molecule has 0 radical (unpaired) electrons. The van der Waals surface area contributed by atoms with Crippen molar-refractivity contribution in [2.45, 2.75) is 51.4 Å². The lowest BCUT2D eigenvalue weighted by Crippen LogP contribution is -2.16. The molecule has 2 heterocycles. The number of nitriles is 1. The number of rotatable bonds is 1. The highest BCUT2D eigenvalue weighted by Crippen LogP contribution is 2.32. The number of nitrogens with zero attached hydrogens (tertiary/aromatic N) is 3. The van der Waals surface area contributed by atoms with Crippen molar-refractivity contribution in [1.29, 1.82) is 5.26 Å². The van der Waals surface area contributed by atoms with Crippen LogP contribution >= 0.6 is 0 Å². The zero-order valence-electron chi connectivity index (χ0n) is 9.28. The number of hydrogen-bond acceptors (Lipinski definition) is 3. The highest BCUT2D eigenvalue weighted by molar-refractivity contribution is 5.36. The first-order valence-corrected chi connectivity index (χ1v) is 5.98. The summed E-state index contributed by atoms with van der Waals surface area (Å²) in [5.41, 5.74) is 2.73. The second-order valence-electron chi connectivity index (χ2n) is 4.61. The summed E-state index contributed by atoms with van der Waals surface area (Å²) in [6, 6.07) is 2.67. The molecule has 16 heavy (non-hydrogen) atoms. The fraction of sp³-hybridized carbons (Fsp3) is 0.667. The predicted molar refractivity (Wildman–Crippen MR) is 57.6 cm³/mol. The molecule has 0 N–H and O–H groups in total. The van der Waals surface area contributed by atoms with Crippen molar-refractivity contribution in [2.24, 2.45) is 0 Å². The van der Waals surface area contributed by atoms with Crippen molar-refractivity contribution >= 4 is 0 Å². The zero-order chi connectivity index (χ0) is 11.0. The predicted octanol–water partition coefficient (Wildman–Crippen LogP) is 2.29. The molecule has 0 unspecified atom stereocenters. The third-order valence-electron chi connectivity index (χ3n) is 3.63. The lowest BCUT2D eigenvalue weighted by atomic mass is 9.95. The van der Waals surface area contributed by atoms with Gasteiger partial charge in [-0.1, -0.05) is 19.3 Å². The Morgan fingerprint density at radius 1 is 1.25 bits per heavy atom. The van der Waals surface area contributed by atoms with E-state index in [1.807, 2.05) is 0 Å². The Morgan fingerprint density at radius 2 is 2.06 bits per heavy atom. The molecule has 0 spiro atoms. The van der Waals surface area contributed by atoms with E-state index in [1.165, 1.54) is 32.1 Å². The van der Waals surface area contributed by atoms with Gasteiger partial charge in [-0.2, -0.15) is 10.4 Å². The summed E-state index contributed by atoms with van der Waals surface area (Å²) in [6.45, 7) is 1.19. The summed E-state index contributed by atoms with van der Waals surface area (Å²) < 4.78 is 7.49. The molecule has 0 bridgehead atoms. The average Bonchev–Trinajstić information content (AvgIpc) is 2.91. The molecule has 0 aromatic carbocycles. The van der Waals surface area contributed by atoms with Crippen molar-refractivity contribution in [2.75, 3.05) is 0 Å². The van der Waals surface area contributed by atoms with Crippen LogP contribution in [0.4, 0.5) is 0 Å². The third-order valence-corrected chi connectivity index (χ3v) is 3.63. The molecule has 3 rings (SSSR count). The summed E-state index contributed by atoms with van der Waals surface area (Å²) in [5, 5.41) is 13.5. The van der Waals surface area contributed by atoms with E-state index in [2.05, 4.69) is 15.8 Å². The van der Waals surface area contributed by atoms with Crippen molar-refractivity contribution < 1.29 is 4.74 Å². The molecular weight excluding hydrogens is 202 g/mol. The standard InChI is InChI=1S/C12H15N3O/c13-6-11-10-7-16-8-12(10)15(14-11)9-4-2-1-3-5-9/h9H,1-5,7-8H2. The first kappa shape index (κ1) is 9.86. The Morgan fingerprint density at radius 3 is 2.81 bits per heavy atom. The molecule has 0 atom stereocenters. The van der Waals surface area contributed by atoms with E-state index >= 15 is 0 Å². The summed E-state index contributed by atoms with van der Waals surface area (Å²) >= 11 is 0. The quantitative estimate of drug-likeness (QED) is 0.725. The van der Waals surface area contributed by atoms with Crippen LogP contribution in [0.1, 0.15) is 55.1 Å². The fourth-order valence-electron chi connectivity index (χ4n) is 2.78. The second kappa shape index (κ2) is 3.91. The van der Waals surface area contributed by atoms with Crippen LogP contribution in [-0.2, 0) is 18.0 Å². The molecule has 84 valence electrons. The van der Waals surface area contributed by atoms with Gasteiger partial charge < -0.3 is 4.74 Å². The number of fused-ring (bicyclic) bond motifs is 1. The van der Waals surface area contributed by atoms with Gasteiger partial charge in [-0.15, -0.1) is 0 Å². The monoisotopic (exact) mass is 217 g/mol. The van der Waals surface area contributed by atoms with Crippen LogP contribution in [0.5, 0.6) is 0 Å². The van der Waals surface area contributed by atoms with Gasteiger partial charge in [0.2, 0.25) is 0 Å². The van der Waals surface area contributed by atoms with Crippen molar-refractivity contribution in [3.05, 3.63) is 17.0 Å². The molecule has 1 aliphatic heterocycles. The van der Waals surface area contributed by atoms with Crippen LogP contribution in [0.2, 0.25) is 0 Å². The van der Waals surface area contributed by atoms with Gasteiger partial charge in [-0.3, -0.25) is 4.68 Å². The van der Waals surface area contributed by atoms with Gasteiger partial charge in [0.15, 0.2) is 5.69 Å². The molecule has 4 nitrogen and oxygen atoms in total. The summed E-state index contributed by atoms with van der Waals surface area (Å²) in [4.78, 5) is 0. The molecule has 0 amide bonds. The largest absolute Gasteiger partial charge is 0.370 e.